The van der Waals surface area contributed by atoms with Crippen LogP contribution in [0.2, 0.25) is 0 Å². The zero-order chi connectivity index (χ0) is 12.9. The molecule has 0 heterocycles. The Kier molecular flexibility index (Phi) is 5.49. The summed E-state index contributed by atoms with van der Waals surface area (Å²) in [5, 5.41) is 0. The van der Waals surface area contributed by atoms with Crippen LogP contribution >= 0.6 is 0 Å². The fourth-order valence-electron chi connectivity index (χ4n) is 2.90. The first-order valence-electron chi connectivity index (χ1n) is 7.47. The highest BCUT2D eigenvalue weighted by Crippen LogP contribution is 2.41. The molecule has 0 bridgehead atoms. The molecule has 0 amide bonds. The Hall–Kier alpha value is -0.520. The summed E-state index contributed by atoms with van der Waals surface area (Å²) in [6, 6.07) is 0. The van der Waals surface area contributed by atoms with Crippen LogP contribution in [0, 0.1) is 5.41 Å². The minimum atomic E-state index is 0.377. The summed E-state index contributed by atoms with van der Waals surface area (Å²) >= 11 is 0. The second-order valence-electron chi connectivity index (χ2n) is 6.01. The molecule has 0 heteroatoms. The molecular weight excluding hydrogens is 204 g/mol. The molecule has 0 aromatic carbocycles. The third-order valence-corrected chi connectivity index (χ3v) is 4.24. The normalized spacial score (nSPS) is 17.4. The molecule has 0 aromatic heterocycles. The lowest BCUT2D eigenvalue weighted by molar-refractivity contribution is 0.392. The van der Waals surface area contributed by atoms with Crippen LogP contribution in [0.5, 0.6) is 0 Å². The van der Waals surface area contributed by atoms with Crippen molar-refractivity contribution in [3.63, 3.8) is 0 Å². The van der Waals surface area contributed by atoms with E-state index in [9.17, 15) is 0 Å². The first kappa shape index (κ1) is 14.5. The maximum atomic E-state index is 2.53. The summed E-state index contributed by atoms with van der Waals surface area (Å²) in [4.78, 5) is 0. The van der Waals surface area contributed by atoms with Crippen LogP contribution in [-0.2, 0) is 0 Å². The molecule has 0 aliphatic heterocycles. The molecule has 0 saturated heterocycles. The molecule has 0 fully saturated rings. The zero-order valence-electron chi connectivity index (χ0n) is 12.5. The van der Waals surface area contributed by atoms with E-state index in [0.29, 0.717) is 5.41 Å². The van der Waals surface area contributed by atoms with Crippen molar-refractivity contribution in [2.45, 2.75) is 79.6 Å². The number of hydrogen-bond acceptors (Lipinski definition) is 0. The van der Waals surface area contributed by atoms with Gasteiger partial charge in [0.15, 0.2) is 0 Å². The molecule has 0 unspecified atom stereocenters. The van der Waals surface area contributed by atoms with Gasteiger partial charge in [0.05, 0.1) is 0 Å². The van der Waals surface area contributed by atoms with Crippen molar-refractivity contribution in [2.75, 3.05) is 0 Å². The second-order valence-corrected chi connectivity index (χ2v) is 6.01. The standard InChI is InChI=1S/C17H30/c1-6-9-12-17(4,5)16-13-14(7-2)10-11-15(16)8-3/h13H,6-12H2,1-5H3. The topological polar surface area (TPSA) is 0 Å². The van der Waals surface area contributed by atoms with Crippen LogP contribution < -0.4 is 0 Å². The van der Waals surface area contributed by atoms with Gasteiger partial charge in [-0.3, -0.25) is 0 Å². The SMILES string of the molecule is CCCCC(C)(C)C1=C(CC)CCC(CC)=C1. The molecule has 0 radical (unpaired) electrons. The van der Waals surface area contributed by atoms with Crippen LogP contribution in [0.25, 0.3) is 0 Å². The van der Waals surface area contributed by atoms with E-state index in [-0.39, 0.29) is 0 Å². The Morgan fingerprint density at radius 3 is 2.29 bits per heavy atom. The summed E-state index contributed by atoms with van der Waals surface area (Å²) in [6.45, 7) is 11.8. The van der Waals surface area contributed by atoms with E-state index in [2.05, 4.69) is 40.7 Å². The lowest BCUT2D eigenvalue weighted by Gasteiger charge is -2.32. The fourth-order valence-corrected chi connectivity index (χ4v) is 2.90. The lowest BCUT2D eigenvalue weighted by atomic mass is 9.73. The van der Waals surface area contributed by atoms with Gasteiger partial charge < -0.3 is 0 Å². The predicted molar refractivity (Wildman–Crippen MR) is 78.2 cm³/mol. The fraction of sp³-hybridized carbons (Fsp3) is 0.765. The summed E-state index contributed by atoms with van der Waals surface area (Å²) < 4.78 is 0. The average molecular weight is 234 g/mol. The monoisotopic (exact) mass is 234 g/mol. The lowest BCUT2D eigenvalue weighted by Crippen LogP contribution is -2.18. The Balaban J connectivity index is 2.96. The third-order valence-electron chi connectivity index (χ3n) is 4.24. The van der Waals surface area contributed by atoms with E-state index in [1.807, 2.05) is 0 Å². The largest absolute Gasteiger partial charge is 0.0699 e. The zero-order valence-corrected chi connectivity index (χ0v) is 12.5. The van der Waals surface area contributed by atoms with Crippen molar-refractivity contribution < 1.29 is 0 Å². The van der Waals surface area contributed by atoms with Gasteiger partial charge >= 0.3 is 0 Å². The highest BCUT2D eigenvalue weighted by Gasteiger charge is 2.25. The van der Waals surface area contributed by atoms with E-state index in [1.54, 1.807) is 16.7 Å². The molecule has 1 rings (SSSR count). The van der Waals surface area contributed by atoms with Gasteiger partial charge in [-0.05, 0) is 43.1 Å². The van der Waals surface area contributed by atoms with Crippen molar-refractivity contribution in [1.82, 2.24) is 0 Å². The van der Waals surface area contributed by atoms with Crippen LogP contribution in [0.3, 0.4) is 0 Å². The molecule has 98 valence electrons. The first-order valence-corrected chi connectivity index (χ1v) is 7.47. The van der Waals surface area contributed by atoms with Crippen molar-refractivity contribution in [3.8, 4) is 0 Å². The Labute approximate surface area is 108 Å². The smallest absolute Gasteiger partial charge is 0.0104 e. The van der Waals surface area contributed by atoms with Gasteiger partial charge in [0.25, 0.3) is 0 Å². The van der Waals surface area contributed by atoms with Crippen LogP contribution in [0.1, 0.15) is 79.6 Å². The highest BCUT2D eigenvalue weighted by molar-refractivity contribution is 5.37. The minimum Gasteiger partial charge on any atom is -0.0699 e. The van der Waals surface area contributed by atoms with Gasteiger partial charge in [0.1, 0.15) is 0 Å². The molecule has 0 N–H and O–H groups in total. The summed E-state index contributed by atoms with van der Waals surface area (Å²) in [6.07, 6.45) is 11.6. The molecular formula is C17H30. The quantitative estimate of drug-likeness (QED) is 0.525. The van der Waals surface area contributed by atoms with Gasteiger partial charge in [0, 0.05) is 0 Å². The number of allylic oxidation sites excluding steroid dienone is 4. The molecule has 1 aliphatic carbocycles. The molecule has 1 aliphatic rings. The van der Waals surface area contributed by atoms with Gasteiger partial charge in [-0.2, -0.15) is 0 Å². The van der Waals surface area contributed by atoms with Crippen molar-refractivity contribution in [1.29, 1.82) is 0 Å². The molecule has 0 aromatic rings. The maximum absolute atomic E-state index is 2.53. The maximum Gasteiger partial charge on any atom is -0.0104 e. The van der Waals surface area contributed by atoms with E-state index in [4.69, 9.17) is 0 Å². The predicted octanol–water partition coefficient (Wildman–Crippen LogP) is 6.04. The Morgan fingerprint density at radius 1 is 1.06 bits per heavy atom. The number of unbranched alkanes of at least 4 members (excludes halogenated alkanes) is 1. The van der Waals surface area contributed by atoms with Crippen molar-refractivity contribution in [3.05, 3.63) is 22.8 Å². The summed E-state index contributed by atoms with van der Waals surface area (Å²) in [5.74, 6) is 0. The van der Waals surface area contributed by atoms with Gasteiger partial charge in [-0.25, -0.2) is 0 Å². The Morgan fingerprint density at radius 2 is 1.76 bits per heavy atom. The van der Waals surface area contributed by atoms with Gasteiger partial charge in [0.2, 0.25) is 0 Å². The van der Waals surface area contributed by atoms with E-state index in [1.165, 1.54) is 44.9 Å². The number of rotatable bonds is 6. The van der Waals surface area contributed by atoms with E-state index in [0.717, 1.165) is 0 Å². The highest BCUT2D eigenvalue weighted by atomic mass is 14.3. The molecule has 0 saturated carbocycles. The minimum absolute atomic E-state index is 0.377. The molecule has 17 heavy (non-hydrogen) atoms. The molecule has 0 spiro atoms. The average Bonchev–Trinajstić information content (AvgIpc) is 2.35. The second kappa shape index (κ2) is 6.42. The van der Waals surface area contributed by atoms with Crippen molar-refractivity contribution in [2.24, 2.45) is 5.41 Å². The van der Waals surface area contributed by atoms with E-state index >= 15 is 0 Å². The first-order chi connectivity index (χ1) is 8.05. The molecule has 0 atom stereocenters. The molecule has 0 nitrogen and oxygen atoms in total. The van der Waals surface area contributed by atoms with Crippen molar-refractivity contribution >= 4 is 0 Å². The van der Waals surface area contributed by atoms with Gasteiger partial charge in [-0.1, -0.05) is 64.7 Å². The number of hydrogen-bond donors (Lipinski definition) is 0. The summed E-state index contributed by atoms with van der Waals surface area (Å²) in [7, 11) is 0. The Bertz CT molecular complexity index is 302. The van der Waals surface area contributed by atoms with E-state index < -0.39 is 0 Å². The van der Waals surface area contributed by atoms with Crippen LogP contribution in [0.4, 0.5) is 0 Å². The van der Waals surface area contributed by atoms with Crippen LogP contribution in [0.15, 0.2) is 22.8 Å². The third kappa shape index (κ3) is 3.72. The van der Waals surface area contributed by atoms with Crippen LogP contribution in [-0.4, -0.2) is 0 Å². The summed E-state index contributed by atoms with van der Waals surface area (Å²) in [5.41, 5.74) is 5.41. The van der Waals surface area contributed by atoms with Gasteiger partial charge in [-0.15, -0.1) is 0 Å².